The predicted octanol–water partition coefficient (Wildman–Crippen LogP) is 5.24. The van der Waals surface area contributed by atoms with Gasteiger partial charge in [0.2, 0.25) is 0 Å². The number of thiazole rings is 1. The van der Waals surface area contributed by atoms with E-state index in [0.717, 1.165) is 53.7 Å². The number of nitrogens with zero attached hydrogens (tertiary/aromatic N) is 2. The van der Waals surface area contributed by atoms with Crippen LogP contribution in [-0.4, -0.2) is 16.8 Å². The SMILES string of the molecule is COc1cccc(C2C3=C(N=c4sc(=Cc5cc(I)c(O)c(I)c5)c(=O)n42)c2ccccc2CC3)c1. The first kappa shape index (κ1) is 23.9. The van der Waals surface area contributed by atoms with Crippen molar-refractivity contribution in [1.29, 1.82) is 0 Å². The van der Waals surface area contributed by atoms with Crippen LogP contribution in [0.1, 0.15) is 34.7 Å². The largest absolute Gasteiger partial charge is 0.506 e. The molecule has 0 saturated carbocycles. The molecule has 1 aliphatic heterocycles. The number of rotatable bonds is 3. The van der Waals surface area contributed by atoms with Gasteiger partial charge in [-0.25, -0.2) is 4.99 Å². The number of benzene rings is 3. The third kappa shape index (κ3) is 4.03. The van der Waals surface area contributed by atoms with E-state index in [1.54, 1.807) is 7.11 Å². The second kappa shape index (κ2) is 9.46. The van der Waals surface area contributed by atoms with Gasteiger partial charge in [0.15, 0.2) is 4.80 Å². The zero-order chi connectivity index (χ0) is 25.0. The molecule has 0 radical (unpaired) electrons. The van der Waals surface area contributed by atoms with Gasteiger partial charge in [0.05, 0.1) is 30.5 Å². The van der Waals surface area contributed by atoms with Crippen molar-refractivity contribution in [3.63, 3.8) is 0 Å². The molecule has 1 atom stereocenters. The number of ether oxygens (including phenoxy) is 1. The minimum Gasteiger partial charge on any atom is -0.506 e. The predicted molar refractivity (Wildman–Crippen MR) is 159 cm³/mol. The van der Waals surface area contributed by atoms with Crippen LogP contribution in [0.4, 0.5) is 0 Å². The Balaban J connectivity index is 1.62. The van der Waals surface area contributed by atoms with E-state index in [4.69, 9.17) is 9.73 Å². The maximum Gasteiger partial charge on any atom is 0.271 e. The zero-order valence-corrected chi connectivity index (χ0v) is 24.3. The molecule has 0 spiro atoms. The first-order valence-corrected chi connectivity index (χ1v) is 14.4. The normalized spacial score (nSPS) is 16.8. The number of allylic oxidation sites excluding steroid dienone is 1. The van der Waals surface area contributed by atoms with Crippen molar-refractivity contribution in [2.45, 2.75) is 18.9 Å². The summed E-state index contributed by atoms with van der Waals surface area (Å²) in [6.07, 6.45) is 3.66. The van der Waals surface area contributed by atoms with Gasteiger partial charge in [0.1, 0.15) is 11.5 Å². The fourth-order valence-electron chi connectivity index (χ4n) is 4.95. The van der Waals surface area contributed by atoms with E-state index in [1.165, 1.54) is 16.9 Å². The summed E-state index contributed by atoms with van der Waals surface area (Å²) in [4.78, 5) is 19.6. The first-order chi connectivity index (χ1) is 17.4. The van der Waals surface area contributed by atoms with Crippen LogP contribution in [0.15, 0.2) is 76.0 Å². The van der Waals surface area contributed by atoms with E-state index in [-0.39, 0.29) is 17.4 Å². The first-order valence-electron chi connectivity index (χ1n) is 11.4. The lowest BCUT2D eigenvalue weighted by Crippen LogP contribution is -2.38. The van der Waals surface area contributed by atoms with Crippen molar-refractivity contribution < 1.29 is 9.84 Å². The van der Waals surface area contributed by atoms with Gasteiger partial charge in [0, 0.05) is 5.56 Å². The fourth-order valence-corrected chi connectivity index (χ4v) is 7.77. The molecule has 5 nitrogen and oxygen atoms in total. The minimum atomic E-state index is -0.248. The maximum absolute atomic E-state index is 13.9. The van der Waals surface area contributed by atoms with Crippen LogP contribution in [0.3, 0.4) is 0 Å². The highest BCUT2D eigenvalue weighted by atomic mass is 127. The molecule has 3 aromatic carbocycles. The Morgan fingerprint density at radius 1 is 1.08 bits per heavy atom. The highest BCUT2D eigenvalue weighted by Gasteiger charge is 2.32. The molecule has 2 heterocycles. The maximum atomic E-state index is 13.9. The molecule has 1 unspecified atom stereocenters. The standard InChI is InChI=1S/C28H20I2N2O3S/c1-35-18-7-4-6-17(14-18)25-20-10-9-16-5-2-3-8-19(16)24(20)31-28-32(25)27(34)23(36-28)13-15-11-21(29)26(33)22(30)12-15/h2-8,11-14,25,33H,9-10H2,1H3. The number of aromatic nitrogens is 1. The summed E-state index contributed by atoms with van der Waals surface area (Å²) in [6, 6.07) is 19.9. The topological polar surface area (TPSA) is 63.8 Å². The van der Waals surface area contributed by atoms with Crippen LogP contribution in [0.25, 0.3) is 11.8 Å². The van der Waals surface area contributed by atoms with E-state index < -0.39 is 0 Å². The highest BCUT2D eigenvalue weighted by Crippen LogP contribution is 2.41. The van der Waals surface area contributed by atoms with Crippen LogP contribution < -0.4 is 19.6 Å². The molecule has 0 bridgehead atoms. The van der Waals surface area contributed by atoms with E-state index in [0.29, 0.717) is 9.33 Å². The molecular formula is C28H20I2N2O3S. The van der Waals surface area contributed by atoms with Gasteiger partial charge in [-0.15, -0.1) is 0 Å². The summed E-state index contributed by atoms with van der Waals surface area (Å²) in [7, 11) is 1.66. The number of halogens is 2. The summed E-state index contributed by atoms with van der Waals surface area (Å²) >= 11 is 5.63. The monoisotopic (exact) mass is 718 g/mol. The van der Waals surface area contributed by atoms with Gasteiger partial charge >= 0.3 is 0 Å². The van der Waals surface area contributed by atoms with Gasteiger partial charge in [-0.05, 0) is 111 Å². The van der Waals surface area contributed by atoms with Gasteiger partial charge in [-0.1, -0.05) is 47.7 Å². The summed E-state index contributed by atoms with van der Waals surface area (Å²) in [5.41, 5.74) is 6.40. The van der Waals surface area contributed by atoms with E-state index in [2.05, 4.69) is 69.4 Å². The number of methoxy groups -OCH3 is 1. The quantitative estimate of drug-likeness (QED) is 0.295. The molecule has 36 heavy (non-hydrogen) atoms. The average molecular weight is 718 g/mol. The molecule has 1 aromatic heterocycles. The van der Waals surface area contributed by atoms with Gasteiger partial charge in [-0.2, -0.15) is 0 Å². The molecule has 8 heteroatoms. The van der Waals surface area contributed by atoms with Crippen molar-refractivity contribution in [3.05, 3.63) is 115 Å². The molecule has 1 N–H and O–H groups in total. The van der Waals surface area contributed by atoms with Crippen molar-refractivity contribution >= 4 is 68.3 Å². The molecule has 6 rings (SSSR count). The molecule has 0 saturated heterocycles. The minimum absolute atomic E-state index is 0.0601. The second-order valence-electron chi connectivity index (χ2n) is 8.72. The number of phenolic OH excluding ortho intramolecular Hbond substituents is 1. The Bertz CT molecular complexity index is 1730. The molecule has 180 valence electrons. The van der Waals surface area contributed by atoms with E-state index >= 15 is 0 Å². The van der Waals surface area contributed by atoms with E-state index in [9.17, 15) is 9.90 Å². The molecule has 0 fully saturated rings. The number of fused-ring (bicyclic) bond motifs is 3. The number of aromatic hydroxyl groups is 1. The summed E-state index contributed by atoms with van der Waals surface area (Å²) in [5, 5.41) is 10.2. The third-order valence-electron chi connectivity index (χ3n) is 6.62. The average Bonchev–Trinajstić information content (AvgIpc) is 3.20. The van der Waals surface area contributed by atoms with Crippen LogP contribution in [0, 0.1) is 7.14 Å². The molecule has 4 aromatic rings. The third-order valence-corrected chi connectivity index (χ3v) is 9.25. The van der Waals surface area contributed by atoms with Crippen LogP contribution in [0.5, 0.6) is 11.5 Å². The Labute approximate surface area is 238 Å². The Kier molecular flexibility index (Phi) is 6.29. The van der Waals surface area contributed by atoms with Crippen molar-refractivity contribution in [2.75, 3.05) is 7.11 Å². The second-order valence-corrected chi connectivity index (χ2v) is 12.1. The Morgan fingerprint density at radius 3 is 2.64 bits per heavy atom. The number of phenols is 1. The summed E-state index contributed by atoms with van der Waals surface area (Å²) in [6.45, 7) is 0. The fraction of sp³-hybridized carbons (Fsp3) is 0.143. The zero-order valence-electron chi connectivity index (χ0n) is 19.2. The number of hydrogen-bond acceptors (Lipinski definition) is 5. The van der Waals surface area contributed by atoms with Gasteiger partial charge in [-0.3, -0.25) is 9.36 Å². The van der Waals surface area contributed by atoms with Crippen LogP contribution in [-0.2, 0) is 6.42 Å². The highest BCUT2D eigenvalue weighted by molar-refractivity contribution is 14.1. The van der Waals surface area contributed by atoms with Crippen molar-refractivity contribution in [3.8, 4) is 11.5 Å². The van der Waals surface area contributed by atoms with Crippen LogP contribution >= 0.6 is 56.5 Å². The summed E-state index contributed by atoms with van der Waals surface area (Å²) < 4.78 is 9.48. The molecule has 2 aliphatic rings. The van der Waals surface area contributed by atoms with E-state index in [1.807, 2.05) is 47.0 Å². The van der Waals surface area contributed by atoms with Crippen molar-refractivity contribution in [2.24, 2.45) is 4.99 Å². The van der Waals surface area contributed by atoms with Gasteiger partial charge in [0.25, 0.3) is 5.56 Å². The smallest absolute Gasteiger partial charge is 0.271 e. The van der Waals surface area contributed by atoms with Crippen LogP contribution in [0.2, 0.25) is 0 Å². The molecular weight excluding hydrogens is 698 g/mol. The van der Waals surface area contributed by atoms with Gasteiger partial charge < -0.3 is 9.84 Å². The van der Waals surface area contributed by atoms with Crippen molar-refractivity contribution in [1.82, 2.24) is 4.57 Å². The number of aryl methyl sites for hydroxylation is 1. The lowest BCUT2D eigenvalue weighted by molar-refractivity contribution is 0.413. The molecule has 0 amide bonds. The number of hydrogen-bond donors (Lipinski definition) is 1. The Morgan fingerprint density at radius 2 is 1.86 bits per heavy atom. The lowest BCUT2D eigenvalue weighted by atomic mass is 9.83. The molecule has 1 aliphatic carbocycles. The summed E-state index contributed by atoms with van der Waals surface area (Å²) in [5.74, 6) is 1.03. The lowest BCUT2D eigenvalue weighted by Gasteiger charge is -2.31. The Hall–Kier alpha value is -2.44.